The van der Waals surface area contributed by atoms with E-state index in [1.165, 1.54) is 0 Å². The van der Waals surface area contributed by atoms with Crippen LogP contribution in [-0.2, 0) is 22.1 Å². The SMILES string of the molecule is C=CCN1CC[C@]23c4c5ccc(O)c4OC2C(N(C)CCS(=O)(=O)F)CC[C@@]3(O)C1C5. The van der Waals surface area contributed by atoms with Crippen LogP contribution < -0.4 is 4.74 Å². The van der Waals surface area contributed by atoms with Crippen LogP contribution in [0.4, 0.5) is 3.89 Å². The maximum Gasteiger partial charge on any atom is 0.303 e. The van der Waals surface area contributed by atoms with Crippen molar-refractivity contribution in [3.05, 3.63) is 35.9 Å². The summed E-state index contributed by atoms with van der Waals surface area (Å²) >= 11 is 0. The molecule has 3 unspecified atom stereocenters. The van der Waals surface area contributed by atoms with Crippen molar-refractivity contribution in [3.63, 3.8) is 0 Å². The first-order chi connectivity index (χ1) is 14.6. The van der Waals surface area contributed by atoms with Crippen molar-refractivity contribution >= 4 is 10.2 Å². The number of benzene rings is 1. The summed E-state index contributed by atoms with van der Waals surface area (Å²) in [5, 5.41) is 22.8. The van der Waals surface area contributed by atoms with Gasteiger partial charge in [0.25, 0.3) is 0 Å². The van der Waals surface area contributed by atoms with Gasteiger partial charge < -0.3 is 14.9 Å². The standard InChI is InChI=1S/C22H29FN2O5S/c1-3-9-25-10-8-21-18-14-4-5-16(26)19(18)30-20(21)15(24(2)11-12-31(23,28)29)6-7-22(21,27)17(25)13-14/h3-5,15,17,20,26-27H,1,6-13H2,2H3/t15?,17?,20?,21-,22+/m0/s1. The quantitative estimate of drug-likeness (QED) is 0.497. The molecule has 0 amide bonds. The number of hydrogen-bond donors (Lipinski definition) is 2. The normalized spacial score (nSPS) is 36.2. The third-order valence-electron chi connectivity index (χ3n) is 8.16. The Labute approximate surface area is 182 Å². The molecule has 5 atom stereocenters. The van der Waals surface area contributed by atoms with Crippen molar-refractivity contribution < 1.29 is 27.3 Å². The molecule has 1 saturated heterocycles. The van der Waals surface area contributed by atoms with Crippen LogP contribution in [0.3, 0.4) is 0 Å². The van der Waals surface area contributed by atoms with Crippen LogP contribution in [0.25, 0.3) is 0 Å². The van der Waals surface area contributed by atoms with Gasteiger partial charge in [0.15, 0.2) is 11.5 Å². The highest BCUT2D eigenvalue weighted by Crippen LogP contribution is 2.65. The van der Waals surface area contributed by atoms with Gasteiger partial charge in [-0.1, -0.05) is 12.1 Å². The molecule has 4 aliphatic rings. The van der Waals surface area contributed by atoms with E-state index in [2.05, 4.69) is 11.5 Å². The van der Waals surface area contributed by atoms with E-state index in [1.54, 1.807) is 13.1 Å². The lowest BCUT2D eigenvalue weighted by atomic mass is 9.48. The zero-order valence-corrected chi connectivity index (χ0v) is 18.4. The molecule has 2 aliphatic heterocycles. The van der Waals surface area contributed by atoms with Gasteiger partial charge >= 0.3 is 10.2 Å². The van der Waals surface area contributed by atoms with Crippen LogP contribution in [0.15, 0.2) is 24.8 Å². The summed E-state index contributed by atoms with van der Waals surface area (Å²) in [5.74, 6) is -0.0806. The maximum atomic E-state index is 13.2. The van der Waals surface area contributed by atoms with Crippen LogP contribution in [0.5, 0.6) is 11.5 Å². The number of ether oxygens (including phenoxy) is 1. The van der Waals surface area contributed by atoms with Crippen molar-refractivity contribution in [3.8, 4) is 11.5 Å². The number of rotatable bonds is 6. The first-order valence-electron chi connectivity index (χ1n) is 10.8. The van der Waals surface area contributed by atoms with Gasteiger partial charge in [-0.2, -0.15) is 8.42 Å². The molecule has 31 heavy (non-hydrogen) atoms. The first-order valence-corrected chi connectivity index (χ1v) is 12.4. The van der Waals surface area contributed by atoms with E-state index in [0.717, 1.165) is 17.7 Å². The number of nitrogens with zero attached hydrogens (tertiary/aromatic N) is 2. The van der Waals surface area contributed by atoms with E-state index in [0.29, 0.717) is 38.0 Å². The second-order valence-electron chi connectivity index (χ2n) is 9.47. The third-order valence-corrected chi connectivity index (χ3v) is 8.83. The Morgan fingerprint density at radius 1 is 1.42 bits per heavy atom. The number of hydrogen-bond acceptors (Lipinski definition) is 7. The van der Waals surface area contributed by atoms with Gasteiger partial charge in [0, 0.05) is 30.7 Å². The summed E-state index contributed by atoms with van der Waals surface area (Å²) in [6.07, 6.45) is 3.86. The van der Waals surface area contributed by atoms with Gasteiger partial charge in [-0.15, -0.1) is 10.5 Å². The average molecular weight is 453 g/mol. The summed E-state index contributed by atoms with van der Waals surface area (Å²) < 4.78 is 41.8. The molecule has 2 heterocycles. The highest BCUT2D eigenvalue weighted by Gasteiger charge is 2.73. The number of piperidine rings is 1. The predicted molar refractivity (Wildman–Crippen MR) is 114 cm³/mol. The van der Waals surface area contributed by atoms with Crippen LogP contribution >= 0.6 is 0 Å². The second-order valence-corrected chi connectivity index (χ2v) is 11.0. The number of likely N-dealkylation sites (N-methyl/N-ethyl adjacent to an activating group) is 1. The Kier molecular flexibility index (Phi) is 4.72. The van der Waals surface area contributed by atoms with Crippen LogP contribution in [0, 0.1) is 0 Å². The molecule has 2 aliphatic carbocycles. The molecule has 0 radical (unpaired) electrons. The number of aromatic hydroxyl groups is 1. The topological polar surface area (TPSA) is 90.3 Å². The molecular weight excluding hydrogens is 423 g/mol. The molecule has 1 spiro atoms. The van der Waals surface area contributed by atoms with Gasteiger partial charge in [-0.3, -0.25) is 9.80 Å². The number of likely N-dealkylation sites (tertiary alicyclic amines) is 1. The molecule has 170 valence electrons. The average Bonchev–Trinajstić information content (AvgIpc) is 3.05. The molecule has 2 N–H and O–H groups in total. The van der Waals surface area contributed by atoms with E-state index in [4.69, 9.17) is 4.74 Å². The minimum absolute atomic E-state index is 0.0407. The number of phenols is 1. The van der Waals surface area contributed by atoms with Crippen LogP contribution in [0.2, 0.25) is 0 Å². The maximum absolute atomic E-state index is 13.2. The molecule has 2 bridgehead atoms. The van der Waals surface area contributed by atoms with Gasteiger partial charge in [0.2, 0.25) is 0 Å². The predicted octanol–water partition coefficient (Wildman–Crippen LogP) is 1.33. The van der Waals surface area contributed by atoms with Crippen molar-refractivity contribution in [2.45, 2.75) is 54.9 Å². The zero-order chi connectivity index (χ0) is 22.2. The molecule has 1 saturated carbocycles. The third kappa shape index (κ3) is 2.83. The Bertz CT molecular complexity index is 1030. The van der Waals surface area contributed by atoms with E-state index in [1.807, 2.05) is 17.0 Å². The molecule has 1 aromatic carbocycles. The molecule has 0 aromatic heterocycles. The highest BCUT2D eigenvalue weighted by atomic mass is 32.3. The smallest absolute Gasteiger partial charge is 0.303 e. The largest absolute Gasteiger partial charge is 0.504 e. The molecule has 7 nitrogen and oxygen atoms in total. The lowest BCUT2D eigenvalue weighted by Gasteiger charge is -2.64. The summed E-state index contributed by atoms with van der Waals surface area (Å²) in [4.78, 5) is 4.11. The van der Waals surface area contributed by atoms with E-state index >= 15 is 0 Å². The van der Waals surface area contributed by atoms with Gasteiger partial charge in [0.05, 0.1) is 16.8 Å². The Morgan fingerprint density at radius 3 is 2.90 bits per heavy atom. The minimum Gasteiger partial charge on any atom is -0.504 e. The fraction of sp³-hybridized carbons (Fsp3) is 0.636. The van der Waals surface area contributed by atoms with Gasteiger partial charge in [-0.05, 0) is 50.9 Å². The Hall–Kier alpha value is -1.68. The molecule has 5 rings (SSSR count). The summed E-state index contributed by atoms with van der Waals surface area (Å²) in [6.45, 7) is 5.37. The van der Waals surface area contributed by atoms with Crippen molar-refractivity contribution in [1.82, 2.24) is 9.80 Å². The lowest BCUT2D eigenvalue weighted by Crippen LogP contribution is -2.78. The van der Waals surface area contributed by atoms with Crippen molar-refractivity contribution in [1.29, 1.82) is 0 Å². The molecule has 9 heteroatoms. The summed E-state index contributed by atoms with van der Waals surface area (Å²) in [7, 11) is -2.80. The van der Waals surface area contributed by atoms with Crippen LogP contribution in [0.1, 0.15) is 30.4 Å². The van der Waals surface area contributed by atoms with E-state index < -0.39 is 33.1 Å². The van der Waals surface area contributed by atoms with Gasteiger partial charge in [-0.25, -0.2) is 0 Å². The minimum atomic E-state index is -4.58. The summed E-state index contributed by atoms with van der Waals surface area (Å²) in [5.41, 5.74) is 0.260. The number of phenolic OH excluding ortho intramolecular Hbond substituents is 1. The fourth-order valence-corrected chi connectivity index (χ4v) is 7.37. The highest BCUT2D eigenvalue weighted by molar-refractivity contribution is 7.86. The van der Waals surface area contributed by atoms with Gasteiger partial charge in [0.1, 0.15) is 6.10 Å². The summed E-state index contributed by atoms with van der Waals surface area (Å²) in [6, 6.07) is 3.28. The molecular formula is C22H29FN2O5S. The van der Waals surface area contributed by atoms with Crippen LogP contribution in [-0.4, -0.2) is 84.7 Å². The van der Waals surface area contributed by atoms with E-state index in [9.17, 15) is 22.5 Å². The van der Waals surface area contributed by atoms with Crippen molar-refractivity contribution in [2.24, 2.45) is 0 Å². The second kappa shape index (κ2) is 6.91. The molecule has 1 aromatic rings. The first kappa shape index (κ1) is 21.2. The Balaban J connectivity index is 1.61. The van der Waals surface area contributed by atoms with Crippen molar-refractivity contribution in [2.75, 3.05) is 32.4 Å². The van der Waals surface area contributed by atoms with E-state index in [-0.39, 0.29) is 24.4 Å². The Morgan fingerprint density at radius 2 is 2.19 bits per heavy atom. The molecule has 2 fully saturated rings. The monoisotopic (exact) mass is 452 g/mol. The number of halogens is 1. The fourth-order valence-electron chi connectivity index (χ4n) is 6.86. The number of aliphatic hydroxyl groups is 1. The zero-order valence-electron chi connectivity index (χ0n) is 17.6. The lowest BCUT2D eigenvalue weighted by molar-refractivity contribution is -0.197.